The van der Waals surface area contributed by atoms with E-state index in [-0.39, 0.29) is 0 Å². The largest absolute Gasteiger partial charge is 0.364 e. The van der Waals surface area contributed by atoms with Crippen LogP contribution < -0.4 is 10.2 Å². The van der Waals surface area contributed by atoms with Crippen LogP contribution in [0.4, 0.5) is 11.6 Å². The Kier molecular flexibility index (Phi) is 5.75. The molecule has 156 valence electrons. The van der Waals surface area contributed by atoms with Crippen molar-refractivity contribution >= 4 is 61.8 Å². The fraction of sp³-hybridized carbons (Fsp3) is 0.364. The number of hydrogen-bond acceptors (Lipinski definition) is 5. The predicted octanol–water partition coefficient (Wildman–Crippen LogP) is 5.60. The van der Waals surface area contributed by atoms with Gasteiger partial charge in [0.25, 0.3) is 0 Å². The van der Waals surface area contributed by atoms with Crippen LogP contribution in [0, 0.1) is 0 Å². The molecule has 2 aromatic carbocycles. The second-order valence-electron chi connectivity index (χ2n) is 7.92. The van der Waals surface area contributed by atoms with E-state index in [0.29, 0.717) is 6.04 Å². The Morgan fingerprint density at radius 3 is 2.60 bits per heavy atom. The highest BCUT2D eigenvalue weighted by molar-refractivity contribution is 9.10. The van der Waals surface area contributed by atoms with Gasteiger partial charge in [0.15, 0.2) is 11.6 Å². The Balaban J connectivity index is 1.36. The van der Waals surface area contributed by atoms with Crippen LogP contribution in [0.15, 0.2) is 40.9 Å². The minimum Gasteiger partial charge on any atom is -0.364 e. The molecule has 0 atom stereocenters. The lowest BCUT2D eigenvalue weighted by molar-refractivity contribution is 0.249. The van der Waals surface area contributed by atoms with Crippen LogP contribution >= 0.6 is 39.1 Å². The molecule has 1 saturated carbocycles. The van der Waals surface area contributed by atoms with E-state index in [2.05, 4.69) is 31.0 Å². The van der Waals surface area contributed by atoms with Gasteiger partial charge in [0.05, 0.1) is 5.52 Å². The zero-order chi connectivity index (χ0) is 20.7. The fourth-order valence-electron chi connectivity index (χ4n) is 3.80. The number of anilines is 2. The van der Waals surface area contributed by atoms with Gasteiger partial charge in [-0.15, -0.1) is 0 Å². The van der Waals surface area contributed by atoms with Crippen molar-refractivity contribution in [1.82, 2.24) is 14.9 Å². The Hall–Kier alpha value is -1.60. The van der Waals surface area contributed by atoms with Gasteiger partial charge in [-0.05, 0) is 64.7 Å². The van der Waals surface area contributed by atoms with Crippen molar-refractivity contribution in [2.24, 2.45) is 0 Å². The van der Waals surface area contributed by atoms with Crippen molar-refractivity contribution in [3.8, 4) is 0 Å². The Morgan fingerprint density at radius 1 is 1.03 bits per heavy atom. The number of hydrogen-bond donors (Lipinski definition) is 1. The van der Waals surface area contributed by atoms with Crippen molar-refractivity contribution in [1.29, 1.82) is 0 Å². The van der Waals surface area contributed by atoms with Crippen LogP contribution in [0.1, 0.15) is 18.4 Å². The molecule has 0 spiro atoms. The molecule has 8 heteroatoms. The lowest BCUT2D eigenvalue weighted by atomic mass is 10.2. The molecule has 3 aromatic rings. The molecule has 0 bridgehead atoms. The second kappa shape index (κ2) is 8.50. The molecule has 5 rings (SSSR count). The van der Waals surface area contributed by atoms with E-state index >= 15 is 0 Å². The molecule has 1 aliphatic carbocycles. The average Bonchev–Trinajstić information content (AvgIpc) is 3.55. The summed E-state index contributed by atoms with van der Waals surface area (Å²) in [5.74, 6) is 1.84. The zero-order valence-corrected chi connectivity index (χ0v) is 19.5. The second-order valence-corrected chi connectivity index (χ2v) is 9.62. The van der Waals surface area contributed by atoms with Crippen LogP contribution in [0.2, 0.25) is 10.0 Å². The monoisotopic (exact) mass is 505 g/mol. The highest BCUT2D eigenvalue weighted by Crippen LogP contribution is 2.33. The first-order valence-electron chi connectivity index (χ1n) is 10.2. The number of aromatic nitrogens is 2. The third kappa shape index (κ3) is 4.37. The minimum atomic E-state index is 0.522. The Morgan fingerprint density at radius 2 is 1.83 bits per heavy atom. The summed E-state index contributed by atoms with van der Waals surface area (Å²) in [7, 11) is 0. The van der Waals surface area contributed by atoms with E-state index in [0.717, 1.165) is 75.5 Å². The molecule has 1 N–H and O–H groups in total. The summed E-state index contributed by atoms with van der Waals surface area (Å²) in [6.07, 6.45) is 2.40. The van der Waals surface area contributed by atoms with Crippen molar-refractivity contribution < 1.29 is 0 Å². The van der Waals surface area contributed by atoms with E-state index in [9.17, 15) is 0 Å². The quantitative estimate of drug-likeness (QED) is 0.488. The molecule has 30 heavy (non-hydrogen) atoms. The first kappa shape index (κ1) is 20.3. The average molecular weight is 507 g/mol. The van der Waals surface area contributed by atoms with Crippen molar-refractivity contribution in [3.05, 3.63) is 56.5 Å². The highest BCUT2D eigenvalue weighted by Gasteiger charge is 2.27. The maximum Gasteiger partial charge on any atom is 0.172 e. The number of para-hydroxylation sites is 1. The summed E-state index contributed by atoms with van der Waals surface area (Å²) in [6.45, 7) is 4.45. The van der Waals surface area contributed by atoms with Crippen LogP contribution in [-0.4, -0.2) is 47.1 Å². The standard InChI is InChI=1S/C22H22BrCl2N5/c23-17-2-1-3-19-20(17)28-22(21(27-19)26-16-5-6-16)30-10-8-29(9-11-30)13-14-12-15(24)4-7-18(14)25/h1-4,7,12,16H,5-6,8-11,13H2,(H,26,27). The van der Waals surface area contributed by atoms with Crippen LogP contribution in [-0.2, 0) is 6.54 Å². The maximum atomic E-state index is 6.36. The van der Waals surface area contributed by atoms with E-state index < -0.39 is 0 Å². The first-order chi connectivity index (χ1) is 14.6. The molecule has 2 fully saturated rings. The topological polar surface area (TPSA) is 44.3 Å². The van der Waals surface area contributed by atoms with Gasteiger partial charge >= 0.3 is 0 Å². The lowest BCUT2D eigenvalue weighted by Crippen LogP contribution is -2.46. The van der Waals surface area contributed by atoms with Crippen molar-refractivity contribution in [3.63, 3.8) is 0 Å². The summed E-state index contributed by atoms with van der Waals surface area (Å²) < 4.78 is 0.973. The van der Waals surface area contributed by atoms with Gasteiger partial charge in [-0.25, -0.2) is 9.97 Å². The number of halogens is 3. The Labute approximate surface area is 194 Å². The van der Waals surface area contributed by atoms with Gasteiger partial charge in [0.1, 0.15) is 5.52 Å². The van der Waals surface area contributed by atoms with Crippen LogP contribution in [0.5, 0.6) is 0 Å². The van der Waals surface area contributed by atoms with Crippen molar-refractivity contribution in [2.75, 3.05) is 36.4 Å². The summed E-state index contributed by atoms with van der Waals surface area (Å²) in [4.78, 5) is 14.7. The minimum absolute atomic E-state index is 0.522. The molecular formula is C22H22BrCl2N5. The summed E-state index contributed by atoms with van der Waals surface area (Å²) in [5.41, 5.74) is 2.88. The number of nitrogens with zero attached hydrogens (tertiary/aromatic N) is 4. The molecule has 0 radical (unpaired) electrons. The van der Waals surface area contributed by atoms with Gasteiger partial charge in [0, 0.05) is 53.3 Å². The molecular weight excluding hydrogens is 485 g/mol. The number of benzene rings is 2. The molecule has 0 unspecified atom stereocenters. The predicted molar refractivity (Wildman–Crippen MR) is 128 cm³/mol. The maximum absolute atomic E-state index is 6.36. The number of rotatable bonds is 5. The summed E-state index contributed by atoms with van der Waals surface area (Å²) in [5, 5.41) is 5.07. The van der Waals surface area contributed by atoms with Gasteiger partial charge in [-0.1, -0.05) is 29.3 Å². The molecule has 2 aliphatic rings. The molecule has 1 saturated heterocycles. The highest BCUT2D eigenvalue weighted by atomic mass is 79.9. The van der Waals surface area contributed by atoms with E-state index in [1.807, 2.05) is 36.4 Å². The fourth-order valence-corrected chi connectivity index (χ4v) is 4.61. The summed E-state index contributed by atoms with van der Waals surface area (Å²) >= 11 is 16.1. The van der Waals surface area contributed by atoms with Gasteiger partial charge in [0.2, 0.25) is 0 Å². The van der Waals surface area contributed by atoms with E-state index in [1.165, 1.54) is 12.8 Å². The molecule has 1 aliphatic heterocycles. The van der Waals surface area contributed by atoms with Crippen LogP contribution in [0.25, 0.3) is 11.0 Å². The molecule has 5 nitrogen and oxygen atoms in total. The molecule has 1 aromatic heterocycles. The third-order valence-electron chi connectivity index (χ3n) is 5.62. The van der Waals surface area contributed by atoms with Crippen LogP contribution in [0.3, 0.4) is 0 Å². The van der Waals surface area contributed by atoms with E-state index in [4.69, 9.17) is 33.2 Å². The molecule has 0 amide bonds. The van der Waals surface area contributed by atoms with E-state index in [1.54, 1.807) is 0 Å². The zero-order valence-electron chi connectivity index (χ0n) is 16.4. The van der Waals surface area contributed by atoms with Gasteiger partial charge < -0.3 is 10.2 Å². The number of nitrogens with one attached hydrogen (secondary N) is 1. The lowest BCUT2D eigenvalue weighted by Gasteiger charge is -2.36. The van der Waals surface area contributed by atoms with Gasteiger partial charge in [-0.2, -0.15) is 0 Å². The normalized spacial score (nSPS) is 17.5. The smallest absolute Gasteiger partial charge is 0.172 e. The molecule has 2 heterocycles. The SMILES string of the molecule is Clc1ccc(Cl)c(CN2CCN(c3nc4c(Br)cccc4nc3NC3CC3)CC2)c1. The number of fused-ring (bicyclic) bond motifs is 1. The number of piperazine rings is 1. The Bertz CT molecular complexity index is 1080. The first-order valence-corrected chi connectivity index (χ1v) is 11.8. The third-order valence-corrected chi connectivity index (χ3v) is 6.86. The van der Waals surface area contributed by atoms with Crippen molar-refractivity contribution in [2.45, 2.75) is 25.4 Å². The van der Waals surface area contributed by atoms with Gasteiger partial charge in [-0.3, -0.25) is 4.90 Å². The summed E-state index contributed by atoms with van der Waals surface area (Å²) in [6, 6.07) is 12.2.